The molecule has 0 aromatic heterocycles. The van der Waals surface area contributed by atoms with Gasteiger partial charge in [0.25, 0.3) is 0 Å². The zero-order chi connectivity index (χ0) is 16.7. The lowest BCUT2D eigenvalue weighted by Gasteiger charge is -2.18. The summed E-state index contributed by atoms with van der Waals surface area (Å²) >= 11 is 1.79. The lowest BCUT2D eigenvalue weighted by Crippen LogP contribution is -2.40. The standard InChI is InChI=1S/C18H29N3OS/c1-14-5-6-15(16(11-14)23-4)12-20-17(19-2)21-13-18(7-8-18)9-10-22-3/h5-6,11H,7-10,12-13H2,1-4H3,(H2,19,20,21). The topological polar surface area (TPSA) is 45.7 Å². The van der Waals surface area contributed by atoms with Crippen molar-refractivity contribution in [2.24, 2.45) is 10.4 Å². The van der Waals surface area contributed by atoms with Gasteiger partial charge in [-0.3, -0.25) is 4.99 Å². The van der Waals surface area contributed by atoms with Gasteiger partial charge < -0.3 is 15.4 Å². The molecule has 0 heterocycles. The van der Waals surface area contributed by atoms with Crippen LogP contribution in [-0.2, 0) is 11.3 Å². The van der Waals surface area contributed by atoms with E-state index in [1.807, 2.05) is 7.05 Å². The molecule has 1 aliphatic carbocycles. The second-order valence-electron chi connectivity index (χ2n) is 6.34. The Balaban J connectivity index is 1.84. The third-order valence-corrected chi connectivity index (χ3v) is 5.36. The number of hydrogen-bond acceptors (Lipinski definition) is 3. The van der Waals surface area contributed by atoms with Crippen LogP contribution in [0.1, 0.15) is 30.4 Å². The fourth-order valence-electron chi connectivity index (χ4n) is 2.68. The van der Waals surface area contributed by atoms with E-state index in [0.29, 0.717) is 5.41 Å². The first-order valence-corrected chi connectivity index (χ1v) is 9.42. The van der Waals surface area contributed by atoms with Gasteiger partial charge >= 0.3 is 0 Å². The number of rotatable bonds is 8. The van der Waals surface area contributed by atoms with Gasteiger partial charge in [0.15, 0.2) is 5.96 Å². The van der Waals surface area contributed by atoms with Crippen molar-refractivity contribution in [1.82, 2.24) is 10.6 Å². The lowest BCUT2D eigenvalue weighted by molar-refractivity contribution is 0.172. The maximum absolute atomic E-state index is 5.22. The van der Waals surface area contributed by atoms with Crippen molar-refractivity contribution in [1.29, 1.82) is 0 Å². The molecule has 0 amide bonds. The van der Waals surface area contributed by atoms with E-state index in [1.165, 1.54) is 28.9 Å². The maximum atomic E-state index is 5.22. The van der Waals surface area contributed by atoms with Gasteiger partial charge in [-0.1, -0.05) is 12.1 Å². The van der Waals surface area contributed by atoms with Crippen LogP contribution in [0.3, 0.4) is 0 Å². The molecular formula is C18H29N3OS. The monoisotopic (exact) mass is 335 g/mol. The molecule has 1 aromatic rings. The summed E-state index contributed by atoms with van der Waals surface area (Å²) in [5, 5.41) is 6.91. The fourth-order valence-corrected chi connectivity index (χ4v) is 3.39. The van der Waals surface area contributed by atoms with Crippen LogP contribution in [0.4, 0.5) is 0 Å². The highest BCUT2D eigenvalue weighted by Gasteiger charge is 2.41. The minimum absolute atomic E-state index is 0.419. The molecule has 0 unspecified atom stereocenters. The number of nitrogens with zero attached hydrogens (tertiary/aromatic N) is 1. The number of guanidine groups is 1. The van der Waals surface area contributed by atoms with Crippen molar-refractivity contribution in [2.45, 2.75) is 37.6 Å². The molecule has 4 nitrogen and oxygen atoms in total. The van der Waals surface area contributed by atoms with Crippen molar-refractivity contribution in [3.05, 3.63) is 29.3 Å². The second-order valence-corrected chi connectivity index (χ2v) is 7.19. The normalized spacial score (nSPS) is 16.3. The van der Waals surface area contributed by atoms with E-state index in [-0.39, 0.29) is 0 Å². The van der Waals surface area contributed by atoms with E-state index in [4.69, 9.17) is 4.74 Å². The van der Waals surface area contributed by atoms with Crippen LogP contribution in [0.15, 0.2) is 28.1 Å². The smallest absolute Gasteiger partial charge is 0.191 e. The molecule has 128 valence electrons. The van der Waals surface area contributed by atoms with E-state index < -0.39 is 0 Å². The molecule has 1 fully saturated rings. The molecule has 23 heavy (non-hydrogen) atoms. The summed E-state index contributed by atoms with van der Waals surface area (Å²) < 4.78 is 5.22. The molecule has 0 radical (unpaired) electrons. The maximum Gasteiger partial charge on any atom is 0.191 e. The van der Waals surface area contributed by atoms with Crippen LogP contribution >= 0.6 is 11.8 Å². The SMILES string of the molecule is CN=C(NCc1ccc(C)cc1SC)NCC1(CCOC)CC1. The molecule has 0 bridgehead atoms. The summed E-state index contributed by atoms with van der Waals surface area (Å²) in [6, 6.07) is 6.60. The molecular weight excluding hydrogens is 306 g/mol. The summed E-state index contributed by atoms with van der Waals surface area (Å²) in [5.74, 6) is 0.876. The molecule has 5 heteroatoms. The largest absolute Gasteiger partial charge is 0.385 e. The van der Waals surface area contributed by atoms with Gasteiger partial charge in [-0.05, 0) is 55.1 Å². The summed E-state index contributed by atoms with van der Waals surface area (Å²) in [5.41, 5.74) is 3.03. The summed E-state index contributed by atoms with van der Waals surface area (Å²) in [4.78, 5) is 5.67. The van der Waals surface area contributed by atoms with Crippen LogP contribution in [-0.4, -0.2) is 39.5 Å². The molecule has 1 aliphatic rings. The van der Waals surface area contributed by atoms with Crippen LogP contribution in [0, 0.1) is 12.3 Å². The van der Waals surface area contributed by atoms with Gasteiger partial charge in [-0.2, -0.15) is 0 Å². The molecule has 0 aliphatic heterocycles. The number of hydrogen-bond donors (Lipinski definition) is 2. The average Bonchev–Trinajstić information content (AvgIpc) is 3.34. The van der Waals surface area contributed by atoms with Crippen molar-refractivity contribution < 1.29 is 4.74 Å². The average molecular weight is 336 g/mol. The van der Waals surface area contributed by atoms with Crippen LogP contribution in [0.5, 0.6) is 0 Å². The van der Waals surface area contributed by atoms with Crippen LogP contribution in [0.2, 0.25) is 0 Å². The second kappa shape index (κ2) is 8.60. The quantitative estimate of drug-likeness (QED) is 0.435. The fraction of sp³-hybridized carbons (Fsp3) is 0.611. The van der Waals surface area contributed by atoms with Gasteiger partial charge in [0.05, 0.1) is 0 Å². The number of aliphatic imine (C=N–C) groups is 1. The highest BCUT2D eigenvalue weighted by atomic mass is 32.2. The van der Waals surface area contributed by atoms with Gasteiger partial charge in [0.1, 0.15) is 0 Å². The highest BCUT2D eigenvalue weighted by Crippen LogP contribution is 2.48. The Morgan fingerprint density at radius 2 is 2.13 bits per heavy atom. The number of benzene rings is 1. The third-order valence-electron chi connectivity index (χ3n) is 4.54. The van der Waals surface area contributed by atoms with Crippen LogP contribution in [0.25, 0.3) is 0 Å². The van der Waals surface area contributed by atoms with Crippen molar-refractivity contribution in [3.63, 3.8) is 0 Å². The van der Waals surface area contributed by atoms with Crippen molar-refractivity contribution in [3.8, 4) is 0 Å². The first kappa shape index (κ1) is 18.1. The zero-order valence-electron chi connectivity index (χ0n) is 14.7. The van der Waals surface area contributed by atoms with Crippen LogP contribution < -0.4 is 10.6 Å². The summed E-state index contributed by atoms with van der Waals surface area (Å²) in [6.07, 6.45) is 5.82. The highest BCUT2D eigenvalue weighted by molar-refractivity contribution is 7.98. The Hall–Kier alpha value is -1.20. The van der Waals surface area contributed by atoms with E-state index in [2.05, 4.69) is 47.0 Å². The summed E-state index contributed by atoms with van der Waals surface area (Å²) in [6.45, 7) is 4.74. The predicted octanol–water partition coefficient (Wildman–Crippen LogP) is 3.20. The number of aryl methyl sites for hydroxylation is 1. The number of thioether (sulfide) groups is 1. The molecule has 0 spiro atoms. The van der Waals surface area contributed by atoms with Gasteiger partial charge in [0.2, 0.25) is 0 Å². The molecule has 0 saturated heterocycles. The lowest BCUT2D eigenvalue weighted by atomic mass is 10.0. The molecule has 1 saturated carbocycles. The minimum atomic E-state index is 0.419. The number of nitrogens with one attached hydrogen (secondary N) is 2. The van der Waals surface area contributed by atoms with Crippen molar-refractivity contribution >= 4 is 17.7 Å². The Labute approximate surface area is 144 Å². The van der Waals surface area contributed by atoms with Gasteiger partial charge in [-0.15, -0.1) is 11.8 Å². The first-order chi connectivity index (χ1) is 11.1. The Morgan fingerprint density at radius 3 is 2.74 bits per heavy atom. The molecule has 0 atom stereocenters. The third kappa shape index (κ3) is 5.43. The van der Waals surface area contributed by atoms with E-state index in [0.717, 1.165) is 32.1 Å². The number of methoxy groups -OCH3 is 1. The Bertz CT molecular complexity index is 541. The van der Waals surface area contributed by atoms with E-state index in [9.17, 15) is 0 Å². The Kier molecular flexibility index (Phi) is 6.78. The zero-order valence-corrected chi connectivity index (χ0v) is 15.6. The molecule has 2 N–H and O–H groups in total. The molecule has 1 aromatic carbocycles. The molecule has 2 rings (SSSR count). The first-order valence-electron chi connectivity index (χ1n) is 8.19. The van der Waals surface area contributed by atoms with Crippen molar-refractivity contribution in [2.75, 3.05) is 33.6 Å². The van der Waals surface area contributed by atoms with E-state index in [1.54, 1.807) is 18.9 Å². The predicted molar refractivity (Wildman–Crippen MR) is 99.3 cm³/mol. The minimum Gasteiger partial charge on any atom is -0.385 e. The Morgan fingerprint density at radius 1 is 1.35 bits per heavy atom. The van der Waals surface area contributed by atoms with E-state index >= 15 is 0 Å². The number of ether oxygens (including phenoxy) is 1. The van der Waals surface area contributed by atoms with Gasteiger partial charge in [-0.25, -0.2) is 0 Å². The summed E-state index contributed by atoms with van der Waals surface area (Å²) in [7, 11) is 3.60. The van der Waals surface area contributed by atoms with Gasteiger partial charge in [0, 0.05) is 38.7 Å².